The Morgan fingerprint density at radius 2 is 1.91 bits per heavy atom. The molecule has 4 aromatic rings. The average molecular weight is 438 g/mol. The van der Waals surface area contributed by atoms with Gasteiger partial charge in [0.2, 0.25) is 5.91 Å². The van der Waals surface area contributed by atoms with Gasteiger partial charge in [0.05, 0.1) is 23.4 Å². The van der Waals surface area contributed by atoms with E-state index in [9.17, 15) is 14.4 Å². The van der Waals surface area contributed by atoms with E-state index >= 15 is 0 Å². The summed E-state index contributed by atoms with van der Waals surface area (Å²) < 4.78 is 4.11. The zero-order valence-electron chi connectivity index (χ0n) is 18.6. The van der Waals surface area contributed by atoms with E-state index in [1.54, 1.807) is 11.6 Å². The van der Waals surface area contributed by atoms with E-state index in [0.29, 0.717) is 24.1 Å². The van der Waals surface area contributed by atoms with Crippen LogP contribution in [0.2, 0.25) is 0 Å². The molecule has 0 aliphatic carbocycles. The highest BCUT2D eigenvalue weighted by molar-refractivity contribution is 5.77. The summed E-state index contributed by atoms with van der Waals surface area (Å²) in [6.07, 6.45) is 2.35. The molecule has 4 rings (SSSR count). The molecule has 32 heavy (non-hydrogen) atoms. The standard InChI is InChI=1S/C22H27N7O3/c1-13(2)17(19-24-14-8-5-6-9-15(14)25-19)26-16(30)10-7-11-29-12-23-20-18(29)21(31)28(4)22(32)27(20)3/h5-6,8-9,12-13,17H,7,10-11H2,1-4H3,(H,24,25)(H,26,30). The van der Waals surface area contributed by atoms with Gasteiger partial charge in [-0.1, -0.05) is 26.0 Å². The van der Waals surface area contributed by atoms with Gasteiger partial charge in [-0.25, -0.2) is 14.8 Å². The maximum absolute atomic E-state index is 12.7. The summed E-state index contributed by atoms with van der Waals surface area (Å²) in [6, 6.07) is 7.54. The molecule has 10 nitrogen and oxygen atoms in total. The number of nitrogens with one attached hydrogen (secondary N) is 2. The highest BCUT2D eigenvalue weighted by Gasteiger charge is 2.22. The summed E-state index contributed by atoms with van der Waals surface area (Å²) in [5.74, 6) is 0.801. The smallest absolute Gasteiger partial charge is 0.332 e. The summed E-state index contributed by atoms with van der Waals surface area (Å²) >= 11 is 0. The fraction of sp³-hybridized carbons (Fsp3) is 0.409. The number of carbonyl (C=O) groups excluding carboxylic acids is 1. The molecule has 0 aliphatic rings. The Bertz CT molecular complexity index is 1370. The molecule has 0 radical (unpaired) electrons. The van der Waals surface area contributed by atoms with Gasteiger partial charge in [0, 0.05) is 27.1 Å². The number of aromatic nitrogens is 6. The largest absolute Gasteiger partial charge is 0.346 e. The molecule has 1 unspecified atom stereocenters. The van der Waals surface area contributed by atoms with E-state index in [4.69, 9.17) is 0 Å². The van der Waals surface area contributed by atoms with E-state index in [1.165, 1.54) is 17.9 Å². The number of nitrogens with zero attached hydrogens (tertiary/aromatic N) is 5. The number of rotatable bonds is 7. The van der Waals surface area contributed by atoms with Gasteiger partial charge in [-0.05, 0) is 24.5 Å². The van der Waals surface area contributed by atoms with Gasteiger partial charge in [0.25, 0.3) is 5.56 Å². The summed E-state index contributed by atoms with van der Waals surface area (Å²) in [6.45, 7) is 4.51. The number of aryl methyl sites for hydroxylation is 2. The van der Waals surface area contributed by atoms with Crippen molar-refractivity contribution in [3.8, 4) is 0 Å². The highest BCUT2D eigenvalue weighted by Crippen LogP contribution is 2.22. The molecular weight excluding hydrogens is 410 g/mol. The van der Waals surface area contributed by atoms with Crippen LogP contribution >= 0.6 is 0 Å². The van der Waals surface area contributed by atoms with Crippen LogP contribution < -0.4 is 16.6 Å². The monoisotopic (exact) mass is 437 g/mol. The molecule has 3 heterocycles. The van der Waals surface area contributed by atoms with Crippen molar-refractivity contribution in [1.29, 1.82) is 0 Å². The number of hydrogen-bond donors (Lipinski definition) is 2. The number of benzene rings is 1. The highest BCUT2D eigenvalue weighted by atomic mass is 16.2. The van der Waals surface area contributed by atoms with Gasteiger partial charge < -0.3 is 14.9 Å². The first-order valence-corrected chi connectivity index (χ1v) is 10.6. The SMILES string of the molecule is CC(C)C(NC(=O)CCCn1cnc2c1c(=O)n(C)c(=O)n2C)c1nc2ccccc2[nH]1. The van der Waals surface area contributed by atoms with Crippen LogP contribution in [0.25, 0.3) is 22.2 Å². The minimum absolute atomic E-state index is 0.0890. The summed E-state index contributed by atoms with van der Waals surface area (Å²) in [4.78, 5) is 49.4. The Morgan fingerprint density at radius 1 is 1.16 bits per heavy atom. The zero-order valence-corrected chi connectivity index (χ0v) is 18.6. The van der Waals surface area contributed by atoms with Crippen molar-refractivity contribution in [2.75, 3.05) is 0 Å². The number of fused-ring (bicyclic) bond motifs is 2. The molecule has 0 bridgehead atoms. The Labute approximate surface area is 183 Å². The van der Waals surface area contributed by atoms with Crippen LogP contribution in [-0.4, -0.2) is 34.6 Å². The van der Waals surface area contributed by atoms with Crippen LogP contribution in [0.15, 0.2) is 40.2 Å². The molecule has 10 heteroatoms. The second-order valence-corrected chi connectivity index (χ2v) is 8.35. The average Bonchev–Trinajstić information content (AvgIpc) is 3.38. The Hall–Kier alpha value is -3.69. The first-order chi connectivity index (χ1) is 15.3. The van der Waals surface area contributed by atoms with Gasteiger partial charge in [0.1, 0.15) is 5.82 Å². The molecule has 2 N–H and O–H groups in total. The molecule has 0 fully saturated rings. The third-order valence-corrected chi connectivity index (χ3v) is 5.71. The lowest BCUT2D eigenvalue weighted by Crippen LogP contribution is -2.37. The fourth-order valence-corrected chi connectivity index (χ4v) is 3.89. The lowest BCUT2D eigenvalue weighted by Gasteiger charge is -2.20. The third kappa shape index (κ3) is 3.83. The van der Waals surface area contributed by atoms with E-state index < -0.39 is 11.2 Å². The van der Waals surface area contributed by atoms with Crippen molar-refractivity contribution in [2.45, 2.75) is 39.3 Å². The Kier molecular flexibility index (Phi) is 5.68. The molecule has 0 saturated carbocycles. The van der Waals surface area contributed by atoms with Crippen molar-refractivity contribution in [2.24, 2.45) is 20.0 Å². The van der Waals surface area contributed by atoms with Crippen molar-refractivity contribution in [3.05, 3.63) is 57.3 Å². The first kappa shape index (κ1) is 21.5. The second kappa shape index (κ2) is 8.45. The maximum Gasteiger partial charge on any atom is 0.332 e. The van der Waals surface area contributed by atoms with E-state index in [1.807, 2.05) is 38.1 Å². The van der Waals surface area contributed by atoms with Crippen LogP contribution in [0, 0.1) is 5.92 Å². The summed E-state index contributed by atoms with van der Waals surface area (Å²) in [5, 5.41) is 3.08. The van der Waals surface area contributed by atoms with E-state index in [0.717, 1.165) is 21.4 Å². The predicted octanol–water partition coefficient (Wildman–Crippen LogP) is 1.60. The molecule has 3 aromatic heterocycles. The topological polar surface area (TPSA) is 120 Å². The summed E-state index contributed by atoms with van der Waals surface area (Å²) in [5.41, 5.74) is 1.69. The zero-order chi connectivity index (χ0) is 23.0. The quantitative estimate of drug-likeness (QED) is 0.455. The number of aromatic amines is 1. The lowest BCUT2D eigenvalue weighted by atomic mass is 10.0. The van der Waals surface area contributed by atoms with Crippen molar-refractivity contribution < 1.29 is 4.79 Å². The maximum atomic E-state index is 12.7. The first-order valence-electron chi connectivity index (χ1n) is 10.6. The number of amides is 1. The van der Waals surface area contributed by atoms with Gasteiger partial charge in [0.15, 0.2) is 11.2 Å². The minimum atomic E-state index is -0.419. The van der Waals surface area contributed by atoms with E-state index in [2.05, 4.69) is 20.3 Å². The molecule has 0 spiro atoms. The molecular formula is C22H27N7O3. The number of para-hydroxylation sites is 2. The van der Waals surface area contributed by atoms with Crippen LogP contribution in [0.3, 0.4) is 0 Å². The third-order valence-electron chi connectivity index (χ3n) is 5.71. The molecule has 0 saturated heterocycles. The number of H-pyrrole nitrogens is 1. The van der Waals surface area contributed by atoms with Crippen molar-refractivity contribution in [1.82, 2.24) is 34.0 Å². The number of carbonyl (C=O) groups is 1. The normalized spacial score (nSPS) is 12.7. The van der Waals surface area contributed by atoms with Crippen LogP contribution in [0.4, 0.5) is 0 Å². The van der Waals surface area contributed by atoms with Gasteiger partial charge in [-0.2, -0.15) is 0 Å². The predicted molar refractivity (Wildman–Crippen MR) is 121 cm³/mol. The number of hydrogen-bond acceptors (Lipinski definition) is 5. The Morgan fingerprint density at radius 3 is 2.62 bits per heavy atom. The van der Waals surface area contributed by atoms with Crippen LogP contribution in [0.5, 0.6) is 0 Å². The molecule has 1 atom stereocenters. The lowest BCUT2D eigenvalue weighted by molar-refractivity contribution is -0.122. The molecule has 1 amide bonds. The van der Waals surface area contributed by atoms with Crippen LogP contribution in [-0.2, 0) is 25.4 Å². The minimum Gasteiger partial charge on any atom is -0.346 e. The van der Waals surface area contributed by atoms with Crippen molar-refractivity contribution in [3.63, 3.8) is 0 Å². The van der Waals surface area contributed by atoms with E-state index in [-0.39, 0.29) is 24.3 Å². The molecule has 0 aliphatic heterocycles. The Balaban J connectivity index is 1.44. The summed E-state index contributed by atoms with van der Waals surface area (Å²) in [7, 11) is 3.03. The van der Waals surface area contributed by atoms with Gasteiger partial charge in [-0.15, -0.1) is 0 Å². The van der Waals surface area contributed by atoms with Crippen molar-refractivity contribution >= 4 is 28.1 Å². The fourth-order valence-electron chi connectivity index (χ4n) is 3.89. The van der Waals surface area contributed by atoms with Crippen LogP contribution in [0.1, 0.15) is 38.6 Å². The molecule has 1 aromatic carbocycles. The second-order valence-electron chi connectivity index (χ2n) is 8.35. The number of imidazole rings is 2. The molecule has 168 valence electrons. The van der Waals surface area contributed by atoms with Gasteiger partial charge >= 0.3 is 5.69 Å². The van der Waals surface area contributed by atoms with Gasteiger partial charge in [-0.3, -0.25) is 18.7 Å².